The highest BCUT2D eigenvalue weighted by molar-refractivity contribution is 5.85. The molecular formula is C24H24N6. The maximum atomic E-state index is 5.88. The monoisotopic (exact) mass is 396 g/mol. The molecule has 6 heteroatoms. The zero-order valence-corrected chi connectivity index (χ0v) is 17.1. The van der Waals surface area contributed by atoms with E-state index in [1.165, 1.54) is 22.0 Å². The summed E-state index contributed by atoms with van der Waals surface area (Å²) in [6.07, 6.45) is 5.62. The van der Waals surface area contributed by atoms with Crippen LogP contribution in [0.25, 0.3) is 21.8 Å². The van der Waals surface area contributed by atoms with Crippen LogP contribution in [-0.4, -0.2) is 19.9 Å². The van der Waals surface area contributed by atoms with E-state index < -0.39 is 0 Å². The number of aromatic nitrogens is 4. The van der Waals surface area contributed by atoms with Gasteiger partial charge in [-0.25, -0.2) is 4.98 Å². The summed E-state index contributed by atoms with van der Waals surface area (Å²) >= 11 is 0. The third-order valence-corrected chi connectivity index (χ3v) is 5.49. The first kappa shape index (κ1) is 18.2. The average Bonchev–Trinajstić information content (AvgIpc) is 3.28. The Balaban J connectivity index is 1.41. The van der Waals surface area contributed by atoms with Gasteiger partial charge in [0, 0.05) is 51.1 Å². The predicted molar refractivity (Wildman–Crippen MR) is 123 cm³/mol. The highest BCUT2D eigenvalue weighted by Gasteiger charge is 2.10. The molecule has 5 N–H and O–H groups in total. The van der Waals surface area contributed by atoms with Gasteiger partial charge in [-0.3, -0.25) is 0 Å². The fraction of sp³-hybridized carbons (Fsp3) is 0.167. The lowest BCUT2D eigenvalue weighted by Crippen LogP contribution is -2.05. The van der Waals surface area contributed by atoms with Gasteiger partial charge in [0.2, 0.25) is 5.95 Å². The van der Waals surface area contributed by atoms with Crippen molar-refractivity contribution in [2.24, 2.45) is 0 Å². The van der Waals surface area contributed by atoms with Crippen molar-refractivity contribution in [2.45, 2.75) is 26.7 Å². The molecule has 0 aliphatic rings. The van der Waals surface area contributed by atoms with Crippen molar-refractivity contribution in [3.63, 3.8) is 0 Å². The zero-order valence-electron chi connectivity index (χ0n) is 17.1. The van der Waals surface area contributed by atoms with Crippen LogP contribution in [-0.2, 0) is 12.8 Å². The molecule has 30 heavy (non-hydrogen) atoms. The summed E-state index contributed by atoms with van der Waals surface area (Å²) < 4.78 is 0. The minimum atomic E-state index is 0.266. The molecule has 0 fully saturated rings. The van der Waals surface area contributed by atoms with Crippen LogP contribution < -0.4 is 11.1 Å². The summed E-state index contributed by atoms with van der Waals surface area (Å²) in [5, 5.41) is 5.86. The maximum absolute atomic E-state index is 5.88. The summed E-state index contributed by atoms with van der Waals surface area (Å²) in [5.74, 6) is 1.02. The Kier molecular flexibility index (Phi) is 4.39. The van der Waals surface area contributed by atoms with Crippen molar-refractivity contribution in [1.82, 2.24) is 19.9 Å². The first-order chi connectivity index (χ1) is 14.5. The van der Waals surface area contributed by atoms with Gasteiger partial charge >= 0.3 is 0 Å². The smallest absolute Gasteiger partial charge is 0.221 e. The normalized spacial score (nSPS) is 11.4. The van der Waals surface area contributed by atoms with Crippen molar-refractivity contribution in [2.75, 3.05) is 11.1 Å². The van der Waals surface area contributed by atoms with E-state index in [2.05, 4.69) is 81.7 Å². The number of anilines is 3. The Morgan fingerprint density at radius 2 is 1.83 bits per heavy atom. The van der Waals surface area contributed by atoms with Gasteiger partial charge in [-0.1, -0.05) is 12.1 Å². The van der Waals surface area contributed by atoms with E-state index in [0.29, 0.717) is 0 Å². The predicted octanol–water partition coefficient (Wildman–Crippen LogP) is 5.17. The molecule has 3 heterocycles. The van der Waals surface area contributed by atoms with E-state index in [-0.39, 0.29) is 5.95 Å². The van der Waals surface area contributed by atoms with Crippen molar-refractivity contribution in [1.29, 1.82) is 0 Å². The van der Waals surface area contributed by atoms with Gasteiger partial charge in [-0.15, -0.1) is 0 Å². The van der Waals surface area contributed by atoms with Crippen LogP contribution in [0, 0.1) is 13.8 Å². The number of aromatic amines is 2. The summed E-state index contributed by atoms with van der Waals surface area (Å²) in [7, 11) is 0. The SMILES string of the molecule is Cc1ccc2c(CCc3cnc(N)nc3Nc3ccc4[nH]c(C)cc4c3)c[nH]c2c1. The second-order valence-electron chi connectivity index (χ2n) is 7.84. The molecule has 0 aliphatic heterocycles. The van der Waals surface area contributed by atoms with Crippen molar-refractivity contribution >= 4 is 39.3 Å². The zero-order chi connectivity index (χ0) is 20.7. The fourth-order valence-electron chi connectivity index (χ4n) is 3.98. The molecule has 0 atom stereocenters. The Morgan fingerprint density at radius 3 is 2.73 bits per heavy atom. The van der Waals surface area contributed by atoms with Gasteiger partial charge in [0.1, 0.15) is 5.82 Å². The van der Waals surface area contributed by atoms with E-state index in [9.17, 15) is 0 Å². The Hall–Kier alpha value is -3.80. The summed E-state index contributed by atoms with van der Waals surface area (Å²) in [5.41, 5.74) is 13.9. The van der Waals surface area contributed by atoms with E-state index in [4.69, 9.17) is 5.73 Å². The third-order valence-electron chi connectivity index (χ3n) is 5.49. The van der Waals surface area contributed by atoms with Crippen molar-refractivity contribution in [3.05, 3.63) is 77.2 Å². The molecule has 6 nitrogen and oxygen atoms in total. The highest BCUT2D eigenvalue weighted by Crippen LogP contribution is 2.26. The van der Waals surface area contributed by atoms with E-state index >= 15 is 0 Å². The van der Waals surface area contributed by atoms with Gasteiger partial charge in [-0.05, 0) is 68.1 Å². The van der Waals surface area contributed by atoms with Crippen LogP contribution in [0.5, 0.6) is 0 Å². The van der Waals surface area contributed by atoms with Gasteiger partial charge in [0.25, 0.3) is 0 Å². The number of benzene rings is 2. The number of hydrogen-bond acceptors (Lipinski definition) is 4. The van der Waals surface area contributed by atoms with Gasteiger partial charge in [0.05, 0.1) is 0 Å². The van der Waals surface area contributed by atoms with E-state index in [1.807, 2.05) is 12.3 Å². The van der Waals surface area contributed by atoms with Crippen LogP contribution in [0.2, 0.25) is 0 Å². The number of nitrogens with zero attached hydrogens (tertiary/aromatic N) is 2. The molecule has 150 valence electrons. The quantitative estimate of drug-likeness (QED) is 0.330. The van der Waals surface area contributed by atoms with Crippen LogP contribution in [0.15, 0.2) is 54.9 Å². The molecule has 0 aliphatic carbocycles. The summed E-state index contributed by atoms with van der Waals surface area (Å²) in [4.78, 5) is 15.4. The number of aryl methyl sites for hydroxylation is 4. The molecular weight excluding hydrogens is 372 g/mol. The topological polar surface area (TPSA) is 95.4 Å². The number of hydrogen-bond donors (Lipinski definition) is 4. The van der Waals surface area contributed by atoms with Crippen molar-refractivity contribution in [3.8, 4) is 0 Å². The number of H-pyrrole nitrogens is 2. The lowest BCUT2D eigenvalue weighted by Gasteiger charge is -2.11. The molecule has 3 aromatic heterocycles. The fourth-order valence-corrected chi connectivity index (χ4v) is 3.98. The molecule has 0 amide bonds. The van der Waals surface area contributed by atoms with Gasteiger partial charge in [0.15, 0.2) is 0 Å². The molecule has 0 saturated carbocycles. The van der Waals surface area contributed by atoms with Crippen LogP contribution in [0.3, 0.4) is 0 Å². The Labute approximate surface area is 174 Å². The van der Waals surface area contributed by atoms with Crippen LogP contribution in [0.4, 0.5) is 17.5 Å². The first-order valence-corrected chi connectivity index (χ1v) is 10.1. The lowest BCUT2D eigenvalue weighted by atomic mass is 10.0. The number of fused-ring (bicyclic) bond motifs is 2. The molecule has 2 aromatic carbocycles. The molecule has 5 rings (SSSR count). The number of rotatable bonds is 5. The first-order valence-electron chi connectivity index (χ1n) is 10.1. The summed E-state index contributed by atoms with van der Waals surface area (Å²) in [6, 6.07) is 14.9. The van der Waals surface area contributed by atoms with Gasteiger partial charge in [-0.2, -0.15) is 4.98 Å². The van der Waals surface area contributed by atoms with Gasteiger partial charge < -0.3 is 21.0 Å². The highest BCUT2D eigenvalue weighted by atomic mass is 15.1. The minimum absolute atomic E-state index is 0.266. The largest absolute Gasteiger partial charge is 0.368 e. The van der Waals surface area contributed by atoms with Crippen LogP contribution >= 0.6 is 0 Å². The number of nitrogens with one attached hydrogen (secondary N) is 3. The second kappa shape index (κ2) is 7.22. The summed E-state index contributed by atoms with van der Waals surface area (Å²) in [6.45, 7) is 4.16. The third kappa shape index (κ3) is 3.48. The number of nitrogens with two attached hydrogens (primary N) is 1. The lowest BCUT2D eigenvalue weighted by molar-refractivity contribution is 0.945. The molecule has 0 radical (unpaired) electrons. The Bertz CT molecular complexity index is 1360. The maximum Gasteiger partial charge on any atom is 0.221 e. The molecule has 5 aromatic rings. The second-order valence-corrected chi connectivity index (χ2v) is 7.84. The molecule has 0 spiro atoms. The molecule has 0 unspecified atom stereocenters. The minimum Gasteiger partial charge on any atom is -0.368 e. The molecule has 0 bridgehead atoms. The standard InChI is InChI=1S/C24H24N6/c1-14-3-7-20-16(12-26-22(20)9-14)4-5-17-13-27-24(25)30-23(17)29-19-6-8-21-18(11-19)10-15(2)28-21/h3,6-13,26,28H,4-5H2,1-2H3,(H3,25,27,29,30). The van der Waals surface area contributed by atoms with E-state index in [1.54, 1.807) is 0 Å². The molecule has 0 saturated heterocycles. The van der Waals surface area contributed by atoms with E-state index in [0.717, 1.165) is 46.5 Å². The average molecular weight is 396 g/mol. The Morgan fingerprint density at radius 1 is 0.967 bits per heavy atom. The van der Waals surface area contributed by atoms with Crippen LogP contribution in [0.1, 0.15) is 22.4 Å². The number of nitrogen functional groups attached to an aromatic ring is 1. The van der Waals surface area contributed by atoms with Crippen molar-refractivity contribution < 1.29 is 0 Å².